The van der Waals surface area contributed by atoms with E-state index in [-0.39, 0.29) is 10.8 Å². The van der Waals surface area contributed by atoms with E-state index in [1.165, 1.54) is 168 Å². The van der Waals surface area contributed by atoms with Crippen molar-refractivity contribution in [2.45, 2.75) is 155 Å². The van der Waals surface area contributed by atoms with Crippen LogP contribution in [0.2, 0.25) is 0 Å². The lowest BCUT2D eigenvalue weighted by Crippen LogP contribution is -2.51. The van der Waals surface area contributed by atoms with Gasteiger partial charge in [0.2, 0.25) is 30.0 Å². The van der Waals surface area contributed by atoms with Gasteiger partial charge in [-0.3, -0.25) is 0 Å². The van der Waals surface area contributed by atoms with Gasteiger partial charge in [-0.25, -0.2) is 0 Å². The Morgan fingerprint density at radius 1 is 0.313 bits per heavy atom. The van der Waals surface area contributed by atoms with E-state index in [0.29, 0.717) is 11.8 Å². The summed E-state index contributed by atoms with van der Waals surface area (Å²) in [5.41, 5.74) is 39.3. The first-order valence-corrected chi connectivity index (χ1v) is 41.0. The Labute approximate surface area is 686 Å². The zero-order chi connectivity index (χ0) is 82.5. The third kappa shape index (κ3) is 17.7. The molecule has 0 bridgehead atoms. The highest BCUT2D eigenvalue weighted by Gasteiger charge is 2.51. The van der Waals surface area contributed by atoms with Crippen LogP contribution in [0.15, 0.2) is 274 Å². The van der Waals surface area contributed by atoms with Crippen molar-refractivity contribution < 1.29 is 23.4 Å². The summed E-state index contributed by atoms with van der Waals surface area (Å²) in [4.78, 5) is 0. The molecule has 6 heterocycles. The summed E-state index contributed by atoms with van der Waals surface area (Å²) in [6.45, 7) is 42.7. The Balaban J connectivity index is 0.000000134. The number of fused-ring (bicyclic) bond motifs is 3. The highest BCUT2D eigenvalue weighted by molar-refractivity contribution is 5.73. The lowest BCUT2D eigenvalue weighted by Gasteiger charge is -2.46. The fourth-order valence-electron chi connectivity index (χ4n) is 17.2. The van der Waals surface area contributed by atoms with Crippen molar-refractivity contribution in [1.82, 2.24) is 23.4 Å². The Morgan fingerprint density at radius 3 is 1.11 bits per heavy atom. The van der Waals surface area contributed by atoms with Crippen LogP contribution in [0.3, 0.4) is 0 Å². The first-order valence-electron chi connectivity index (χ1n) is 41.0. The van der Waals surface area contributed by atoms with Crippen molar-refractivity contribution in [3.8, 4) is 84.3 Å². The molecule has 16 rings (SSSR count). The fraction of sp³-hybridized carbons (Fsp3) is 0.286. The topological polar surface area (TPSA) is 44.0 Å². The molecule has 10 aromatic carbocycles. The van der Waals surface area contributed by atoms with Gasteiger partial charge in [0.1, 0.15) is 34.1 Å². The van der Waals surface area contributed by atoms with Crippen LogP contribution >= 0.6 is 0 Å². The van der Waals surface area contributed by atoms with Gasteiger partial charge >= 0.3 is 0 Å². The van der Waals surface area contributed by atoms with E-state index >= 15 is 0 Å². The van der Waals surface area contributed by atoms with Crippen LogP contribution in [0.5, 0.6) is 0 Å². The van der Waals surface area contributed by atoms with Crippen molar-refractivity contribution in [1.29, 1.82) is 0 Å². The maximum Gasteiger partial charge on any atom is 0.238 e. The summed E-state index contributed by atoms with van der Waals surface area (Å²) in [6, 6.07) is 82.3. The number of aryl methyl sites for hydroxylation is 14. The van der Waals surface area contributed by atoms with Gasteiger partial charge in [-0.2, -0.15) is 0 Å². The zero-order valence-electron chi connectivity index (χ0n) is 73.0. The van der Waals surface area contributed by atoms with Crippen LogP contribution in [0, 0.1) is 88.0 Å². The van der Waals surface area contributed by atoms with Crippen molar-refractivity contribution in [2.24, 2.45) is 47.1 Å². The molecule has 0 fully saturated rings. The van der Waals surface area contributed by atoms with Crippen molar-refractivity contribution in [2.75, 3.05) is 0 Å². The Bertz CT molecular complexity index is 5860. The molecule has 0 spiro atoms. The third-order valence-corrected chi connectivity index (χ3v) is 23.4. The molecule has 0 aliphatic carbocycles. The van der Waals surface area contributed by atoms with Crippen LogP contribution in [-0.4, -0.2) is 23.4 Å². The fourth-order valence-corrected chi connectivity index (χ4v) is 17.2. The molecule has 0 amide bonds. The minimum absolute atomic E-state index is 0.0119. The SMILES string of the molecule is Cc1cc(C)cc(-c2c[n+](C)n3c2C(C)(C)C(C)(C)c2cccc(C)c2-3)c1.Cc1cc(C)cc(-c2ccn(-c3ccccc3C)[n+]2C)c1.Cc1ccccc1-n1cc(-c2c(C)cccc2C)c[n+]1C.Cc1ccccc1-n1cc(-c2c(CC(C)C)cccc2CC(C)C)c[n+]1C.Cc1ccccc1-n1ccc(-c2ccccc2)[n+]1C. The monoisotopic (exact) mass is 1520 g/mol. The Morgan fingerprint density at radius 2 is 0.678 bits per heavy atom. The average molecular weight is 1530 g/mol. The molecule has 0 unspecified atom stereocenters. The van der Waals surface area contributed by atoms with Gasteiger partial charge in [0.05, 0.1) is 41.5 Å². The average Bonchev–Trinajstić information content (AvgIpc) is 1.62. The standard InChI is InChI=1S/C25H31N2.C25H33N2.2C19H21N2.C17H17N2/c1-16-12-17(2)14-19(13-16)20-15-26(8)27-22-18(3)10-9-11-21(22)24(4,5)25(6,7)23(20)27;1-18(2)14-21-11-9-12-22(15-19(3)4)25(21)23-16-26(6)27(17-23)24-13-8-7-10-20(24)5;1-14-8-5-6-11-18(14)21-13-17(12-20(21)4)19-15(2)9-7-10-16(19)3;1-14-11-15(2)13-17(12-14)19-9-10-21(20(19)4)18-8-6-5-7-16(18)3;1-14-8-6-7-11-16(14)19-13-12-17(18(19)2)15-9-4-3-5-10-15/h9-15H,1-8H3;7-13,16-19H,14-15H2,1-6H3;2*5-13H,1-4H3;3-13H,1-2H3/q5*+1. The molecule has 0 N–H and O–H groups in total. The molecule has 5 aromatic heterocycles. The highest BCUT2D eigenvalue weighted by atomic mass is 15.4. The second-order valence-corrected chi connectivity index (χ2v) is 34.1. The molecule has 588 valence electrons. The van der Waals surface area contributed by atoms with Gasteiger partial charge in [-0.15, -0.1) is 46.8 Å². The van der Waals surface area contributed by atoms with Gasteiger partial charge < -0.3 is 0 Å². The highest BCUT2D eigenvalue weighted by Crippen LogP contribution is 2.53. The van der Waals surface area contributed by atoms with Gasteiger partial charge in [-0.1, -0.05) is 248 Å². The molecular formula is C105H123N10+5. The summed E-state index contributed by atoms with van der Waals surface area (Å²) < 4.78 is 22.3. The van der Waals surface area contributed by atoms with Gasteiger partial charge in [-0.05, 0) is 222 Å². The van der Waals surface area contributed by atoms with E-state index in [1.54, 1.807) is 0 Å². The number of nitrogens with zero attached hydrogens (tertiary/aromatic N) is 10. The van der Waals surface area contributed by atoms with E-state index in [9.17, 15) is 0 Å². The van der Waals surface area contributed by atoms with Gasteiger partial charge in [0.25, 0.3) is 0 Å². The van der Waals surface area contributed by atoms with Crippen LogP contribution < -0.4 is 23.4 Å². The molecule has 0 saturated heterocycles. The van der Waals surface area contributed by atoms with Crippen LogP contribution in [0.4, 0.5) is 0 Å². The molecule has 10 heteroatoms. The summed E-state index contributed by atoms with van der Waals surface area (Å²) in [5.74, 6) is 1.29. The van der Waals surface area contributed by atoms with Crippen LogP contribution in [0.25, 0.3) is 84.3 Å². The second kappa shape index (κ2) is 34.9. The number of para-hydroxylation sites is 5. The van der Waals surface area contributed by atoms with Crippen LogP contribution in [0.1, 0.15) is 139 Å². The third-order valence-electron chi connectivity index (χ3n) is 23.4. The van der Waals surface area contributed by atoms with E-state index < -0.39 is 0 Å². The summed E-state index contributed by atoms with van der Waals surface area (Å²) in [5, 5.41) is 0. The molecule has 15 aromatic rings. The number of rotatable bonds is 13. The molecule has 1 aliphatic rings. The molecule has 1 aliphatic heterocycles. The van der Waals surface area contributed by atoms with Gasteiger partial charge in [0.15, 0.2) is 35.2 Å². The lowest BCUT2D eigenvalue weighted by atomic mass is 9.59. The maximum atomic E-state index is 2.45. The van der Waals surface area contributed by atoms with Crippen LogP contribution in [-0.2, 0) is 58.9 Å². The number of benzene rings is 10. The molecule has 115 heavy (non-hydrogen) atoms. The largest absolute Gasteiger partial charge is 0.238 e. The second-order valence-electron chi connectivity index (χ2n) is 34.1. The first-order chi connectivity index (χ1) is 54.8. The molecule has 0 atom stereocenters. The summed E-state index contributed by atoms with van der Waals surface area (Å²) >= 11 is 0. The Kier molecular flexibility index (Phi) is 25.1. The van der Waals surface area contributed by atoms with Crippen molar-refractivity contribution in [3.05, 3.63) is 357 Å². The first kappa shape index (κ1) is 82.7. The number of aromatic nitrogens is 10. The van der Waals surface area contributed by atoms with E-state index in [2.05, 4.69) is 481 Å². The quantitative estimate of drug-likeness (QED) is 0.103. The minimum Gasteiger partial charge on any atom is -0.128 e. The van der Waals surface area contributed by atoms with Crippen molar-refractivity contribution >= 4 is 0 Å². The smallest absolute Gasteiger partial charge is 0.128 e. The zero-order valence-corrected chi connectivity index (χ0v) is 73.0. The molecular weight excluding hydrogens is 1400 g/mol. The number of hydrogen-bond donors (Lipinski definition) is 0. The predicted molar refractivity (Wildman–Crippen MR) is 477 cm³/mol. The summed E-state index contributed by atoms with van der Waals surface area (Å²) in [6.07, 6.45) is 17.8. The molecule has 0 radical (unpaired) electrons. The van der Waals surface area contributed by atoms with E-state index in [4.69, 9.17) is 0 Å². The molecule has 10 nitrogen and oxygen atoms in total. The van der Waals surface area contributed by atoms with E-state index in [0.717, 1.165) is 12.8 Å². The Hall–Kier alpha value is -11.8. The normalized spacial score (nSPS) is 12.4. The molecule has 0 saturated carbocycles. The van der Waals surface area contributed by atoms with E-state index in [1.807, 2.05) is 6.07 Å². The lowest BCUT2D eigenvalue weighted by molar-refractivity contribution is -0.745. The minimum atomic E-state index is -0.0119. The predicted octanol–water partition coefficient (Wildman–Crippen LogP) is 22.2. The van der Waals surface area contributed by atoms with Crippen molar-refractivity contribution in [3.63, 3.8) is 0 Å². The van der Waals surface area contributed by atoms with Gasteiger partial charge in [0, 0.05) is 34.1 Å². The summed E-state index contributed by atoms with van der Waals surface area (Å²) in [7, 11) is 10.6. The number of hydrogen-bond acceptors (Lipinski definition) is 0. The maximum absolute atomic E-state index is 2.45.